The SMILES string of the molecule is CN1CCN(c2nc(N)c(CC(=O)O)c(=O)[nH]2)CC1. The lowest BCUT2D eigenvalue weighted by Gasteiger charge is -2.32. The normalized spacial score (nSPS) is 16.6. The fourth-order valence-corrected chi connectivity index (χ4v) is 1.99. The fraction of sp³-hybridized carbons (Fsp3) is 0.545. The smallest absolute Gasteiger partial charge is 0.308 e. The number of hydrogen-bond donors (Lipinski definition) is 3. The van der Waals surface area contributed by atoms with Crippen LogP contribution in [0, 0.1) is 0 Å². The van der Waals surface area contributed by atoms with E-state index in [4.69, 9.17) is 10.8 Å². The zero-order valence-electron chi connectivity index (χ0n) is 10.7. The topological polar surface area (TPSA) is 116 Å². The van der Waals surface area contributed by atoms with E-state index in [-0.39, 0.29) is 11.4 Å². The fourth-order valence-electron chi connectivity index (χ4n) is 1.99. The van der Waals surface area contributed by atoms with Crippen molar-refractivity contribution in [1.82, 2.24) is 14.9 Å². The van der Waals surface area contributed by atoms with Crippen LogP contribution in [0.3, 0.4) is 0 Å². The van der Waals surface area contributed by atoms with Crippen LogP contribution < -0.4 is 16.2 Å². The zero-order chi connectivity index (χ0) is 14.0. The molecule has 0 unspecified atom stereocenters. The number of nitrogens with zero attached hydrogens (tertiary/aromatic N) is 3. The highest BCUT2D eigenvalue weighted by molar-refractivity contribution is 5.72. The van der Waals surface area contributed by atoms with Gasteiger partial charge in [0.15, 0.2) is 0 Å². The molecule has 1 aliphatic rings. The Labute approximate surface area is 109 Å². The summed E-state index contributed by atoms with van der Waals surface area (Å²) in [6.07, 6.45) is -0.419. The van der Waals surface area contributed by atoms with Crippen LogP contribution >= 0.6 is 0 Å². The summed E-state index contributed by atoms with van der Waals surface area (Å²) in [6.45, 7) is 3.25. The number of nitrogens with one attached hydrogen (secondary N) is 1. The first-order valence-corrected chi connectivity index (χ1v) is 6.01. The minimum Gasteiger partial charge on any atom is -0.481 e. The summed E-state index contributed by atoms with van der Waals surface area (Å²) in [5, 5.41) is 8.71. The van der Waals surface area contributed by atoms with Crippen molar-refractivity contribution in [1.29, 1.82) is 0 Å². The molecule has 1 fully saturated rings. The molecular weight excluding hydrogens is 250 g/mol. The lowest BCUT2D eigenvalue weighted by Crippen LogP contribution is -2.45. The number of likely N-dealkylation sites (N-methyl/N-ethyl adjacent to an activating group) is 1. The van der Waals surface area contributed by atoms with Gasteiger partial charge in [-0.25, -0.2) is 0 Å². The molecule has 1 aliphatic heterocycles. The summed E-state index contributed by atoms with van der Waals surface area (Å²) in [6, 6.07) is 0. The van der Waals surface area contributed by atoms with Gasteiger partial charge in [-0.15, -0.1) is 0 Å². The molecule has 2 rings (SSSR count). The Kier molecular flexibility index (Phi) is 3.70. The lowest BCUT2D eigenvalue weighted by atomic mass is 10.2. The maximum atomic E-state index is 11.8. The van der Waals surface area contributed by atoms with Crippen molar-refractivity contribution in [3.63, 3.8) is 0 Å². The number of nitrogens with two attached hydrogens (primary N) is 1. The number of carbonyl (C=O) groups is 1. The van der Waals surface area contributed by atoms with Gasteiger partial charge in [-0.1, -0.05) is 0 Å². The largest absolute Gasteiger partial charge is 0.481 e. The molecule has 8 heteroatoms. The molecular formula is C11H17N5O3. The highest BCUT2D eigenvalue weighted by Gasteiger charge is 2.19. The van der Waals surface area contributed by atoms with E-state index in [2.05, 4.69) is 14.9 Å². The van der Waals surface area contributed by atoms with Crippen LogP contribution in [0.5, 0.6) is 0 Å². The maximum Gasteiger partial charge on any atom is 0.308 e. The molecule has 1 aromatic rings. The zero-order valence-corrected chi connectivity index (χ0v) is 10.7. The number of nitrogen functional groups attached to an aromatic ring is 1. The van der Waals surface area contributed by atoms with Crippen LogP contribution in [0.25, 0.3) is 0 Å². The van der Waals surface area contributed by atoms with Gasteiger partial charge >= 0.3 is 5.97 Å². The number of rotatable bonds is 3. The number of carboxylic acid groups (broad SMARTS) is 1. The van der Waals surface area contributed by atoms with Gasteiger partial charge in [0.25, 0.3) is 5.56 Å². The third kappa shape index (κ3) is 3.02. The molecule has 0 atom stereocenters. The number of aromatic amines is 1. The first-order valence-electron chi connectivity index (χ1n) is 6.01. The summed E-state index contributed by atoms with van der Waals surface area (Å²) in [7, 11) is 2.03. The van der Waals surface area contributed by atoms with E-state index in [0.29, 0.717) is 5.95 Å². The minimum absolute atomic E-state index is 0.00498. The number of carboxylic acids is 1. The van der Waals surface area contributed by atoms with Crippen molar-refractivity contribution in [3.05, 3.63) is 15.9 Å². The third-order valence-corrected chi connectivity index (χ3v) is 3.17. The van der Waals surface area contributed by atoms with Crippen molar-refractivity contribution in [3.8, 4) is 0 Å². The monoisotopic (exact) mass is 267 g/mol. The molecule has 19 heavy (non-hydrogen) atoms. The van der Waals surface area contributed by atoms with Gasteiger partial charge < -0.3 is 20.6 Å². The van der Waals surface area contributed by atoms with E-state index < -0.39 is 17.9 Å². The number of anilines is 2. The van der Waals surface area contributed by atoms with Gasteiger partial charge in [0.1, 0.15) is 5.82 Å². The van der Waals surface area contributed by atoms with Crippen molar-refractivity contribution in [2.24, 2.45) is 0 Å². The number of H-pyrrole nitrogens is 1. The Hall–Kier alpha value is -2.09. The second-order valence-electron chi connectivity index (χ2n) is 4.61. The summed E-state index contributed by atoms with van der Waals surface area (Å²) in [5.74, 6) is -0.712. The Balaban J connectivity index is 2.24. The van der Waals surface area contributed by atoms with E-state index in [1.54, 1.807) is 0 Å². The predicted octanol–water partition coefficient (Wildman–Crippen LogP) is -1.27. The average Bonchev–Trinajstić information content (AvgIpc) is 2.34. The first-order chi connectivity index (χ1) is 8.97. The number of hydrogen-bond acceptors (Lipinski definition) is 6. The molecule has 0 aromatic carbocycles. The Morgan fingerprint density at radius 1 is 1.42 bits per heavy atom. The summed E-state index contributed by atoms with van der Waals surface area (Å²) < 4.78 is 0. The van der Waals surface area contributed by atoms with Crippen LogP contribution in [0.2, 0.25) is 0 Å². The molecule has 104 valence electrons. The quantitative estimate of drug-likeness (QED) is 0.625. The van der Waals surface area contributed by atoms with Crippen molar-refractivity contribution in [2.75, 3.05) is 43.9 Å². The van der Waals surface area contributed by atoms with Gasteiger partial charge in [-0.05, 0) is 7.05 Å². The van der Waals surface area contributed by atoms with E-state index in [9.17, 15) is 9.59 Å². The highest BCUT2D eigenvalue weighted by atomic mass is 16.4. The first kappa shape index (κ1) is 13.3. The molecule has 0 saturated carbocycles. The Morgan fingerprint density at radius 3 is 2.58 bits per heavy atom. The highest BCUT2D eigenvalue weighted by Crippen LogP contribution is 2.12. The molecule has 4 N–H and O–H groups in total. The molecule has 0 spiro atoms. The predicted molar refractivity (Wildman–Crippen MR) is 70.3 cm³/mol. The van der Waals surface area contributed by atoms with Gasteiger partial charge in [0, 0.05) is 26.2 Å². The van der Waals surface area contributed by atoms with E-state index in [1.165, 1.54) is 0 Å². The molecule has 0 bridgehead atoms. The van der Waals surface area contributed by atoms with Crippen LogP contribution in [0.15, 0.2) is 4.79 Å². The molecule has 0 radical (unpaired) electrons. The third-order valence-electron chi connectivity index (χ3n) is 3.17. The number of aromatic nitrogens is 2. The van der Waals surface area contributed by atoms with Crippen molar-refractivity contribution < 1.29 is 9.90 Å². The molecule has 1 aromatic heterocycles. The maximum absolute atomic E-state index is 11.8. The van der Waals surface area contributed by atoms with E-state index >= 15 is 0 Å². The van der Waals surface area contributed by atoms with Gasteiger partial charge in [-0.2, -0.15) is 4.98 Å². The Morgan fingerprint density at radius 2 is 2.05 bits per heavy atom. The second kappa shape index (κ2) is 5.27. The summed E-state index contributed by atoms with van der Waals surface area (Å²) >= 11 is 0. The van der Waals surface area contributed by atoms with Crippen LogP contribution in [0.4, 0.5) is 11.8 Å². The van der Waals surface area contributed by atoms with Gasteiger partial charge in [-0.3, -0.25) is 14.6 Å². The molecule has 2 heterocycles. The molecule has 8 nitrogen and oxygen atoms in total. The van der Waals surface area contributed by atoms with Crippen molar-refractivity contribution >= 4 is 17.7 Å². The standard InChI is InChI=1S/C11H17N5O3/c1-15-2-4-16(5-3-15)11-13-9(12)7(6-8(17)18)10(19)14-11/h2-6H2,1H3,(H,17,18)(H3,12,13,14,19). The van der Waals surface area contributed by atoms with E-state index in [0.717, 1.165) is 26.2 Å². The van der Waals surface area contributed by atoms with E-state index in [1.807, 2.05) is 11.9 Å². The molecule has 1 saturated heterocycles. The second-order valence-corrected chi connectivity index (χ2v) is 4.61. The van der Waals surface area contributed by atoms with Crippen LogP contribution in [-0.2, 0) is 11.2 Å². The average molecular weight is 267 g/mol. The summed E-state index contributed by atoms with van der Waals surface area (Å²) in [5.41, 5.74) is 5.20. The summed E-state index contributed by atoms with van der Waals surface area (Å²) in [4.78, 5) is 33.3. The van der Waals surface area contributed by atoms with Crippen molar-refractivity contribution in [2.45, 2.75) is 6.42 Å². The minimum atomic E-state index is -1.11. The van der Waals surface area contributed by atoms with Crippen LogP contribution in [0.1, 0.15) is 5.56 Å². The number of aliphatic carboxylic acids is 1. The molecule has 0 aliphatic carbocycles. The Bertz CT molecular complexity index is 534. The van der Waals surface area contributed by atoms with Gasteiger partial charge in [0.05, 0.1) is 12.0 Å². The van der Waals surface area contributed by atoms with Gasteiger partial charge in [0.2, 0.25) is 5.95 Å². The van der Waals surface area contributed by atoms with Crippen LogP contribution in [-0.4, -0.2) is 59.2 Å². The lowest BCUT2D eigenvalue weighted by molar-refractivity contribution is -0.136. The molecule has 0 amide bonds. The number of piperazine rings is 1.